The number of hydrogen-bond donors (Lipinski definition) is 1. The third-order valence-corrected chi connectivity index (χ3v) is 3.54. The lowest BCUT2D eigenvalue weighted by molar-refractivity contribution is -0.116. The Kier molecular flexibility index (Phi) is 6.34. The normalized spacial score (nSPS) is 10.5. The highest BCUT2D eigenvalue weighted by Crippen LogP contribution is 2.27. The van der Waals surface area contributed by atoms with E-state index in [-0.39, 0.29) is 13.0 Å². The van der Waals surface area contributed by atoms with E-state index in [4.69, 9.17) is 27.9 Å². The molecule has 2 aromatic carbocycles. The molecule has 1 amide bonds. The van der Waals surface area contributed by atoms with Crippen LogP contribution in [0.15, 0.2) is 30.3 Å². The molecule has 0 aliphatic rings. The van der Waals surface area contributed by atoms with E-state index in [0.29, 0.717) is 22.2 Å². The molecule has 0 saturated carbocycles. The van der Waals surface area contributed by atoms with Gasteiger partial charge in [0.2, 0.25) is 5.91 Å². The summed E-state index contributed by atoms with van der Waals surface area (Å²) in [6, 6.07) is 6.43. The van der Waals surface area contributed by atoms with E-state index in [1.54, 1.807) is 12.1 Å². The second kappa shape index (κ2) is 8.26. The molecule has 24 heavy (non-hydrogen) atoms. The SMILES string of the molecule is O=C(CCCOc1ccc(Cl)cc1Cl)Nc1ccc(F)c(F)c1F. The largest absolute Gasteiger partial charge is 0.492 e. The zero-order valence-corrected chi connectivity index (χ0v) is 13.7. The lowest BCUT2D eigenvalue weighted by Gasteiger charge is -2.09. The number of hydrogen-bond acceptors (Lipinski definition) is 2. The van der Waals surface area contributed by atoms with Gasteiger partial charge in [0.25, 0.3) is 0 Å². The van der Waals surface area contributed by atoms with Gasteiger partial charge < -0.3 is 10.1 Å². The Bertz CT molecular complexity index is 756. The topological polar surface area (TPSA) is 38.3 Å². The summed E-state index contributed by atoms with van der Waals surface area (Å²) in [6.07, 6.45) is 0.319. The zero-order chi connectivity index (χ0) is 17.7. The Labute approximate surface area is 146 Å². The van der Waals surface area contributed by atoms with Crippen LogP contribution in [0.1, 0.15) is 12.8 Å². The first-order chi connectivity index (χ1) is 11.4. The van der Waals surface area contributed by atoms with Crippen LogP contribution in [-0.4, -0.2) is 12.5 Å². The van der Waals surface area contributed by atoms with E-state index in [0.717, 1.165) is 12.1 Å². The predicted octanol–water partition coefficient (Wildman–Crippen LogP) is 5.21. The number of carbonyl (C=O) groups is 1. The summed E-state index contributed by atoms with van der Waals surface area (Å²) in [5, 5.41) is 2.99. The third-order valence-electron chi connectivity index (χ3n) is 3.01. The molecule has 0 heterocycles. The van der Waals surface area contributed by atoms with Crippen LogP contribution in [0.4, 0.5) is 18.9 Å². The molecule has 0 aliphatic heterocycles. The lowest BCUT2D eigenvalue weighted by Crippen LogP contribution is -2.14. The fraction of sp³-hybridized carbons (Fsp3) is 0.188. The predicted molar refractivity (Wildman–Crippen MR) is 86.1 cm³/mol. The van der Waals surface area contributed by atoms with Crippen molar-refractivity contribution in [1.82, 2.24) is 0 Å². The smallest absolute Gasteiger partial charge is 0.224 e. The summed E-state index contributed by atoms with van der Waals surface area (Å²) >= 11 is 11.7. The molecule has 0 bridgehead atoms. The van der Waals surface area contributed by atoms with Crippen molar-refractivity contribution in [1.29, 1.82) is 0 Å². The number of carbonyl (C=O) groups excluding carboxylic acids is 1. The molecule has 2 rings (SSSR count). The van der Waals surface area contributed by atoms with E-state index < -0.39 is 29.0 Å². The number of halogens is 5. The van der Waals surface area contributed by atoms with Crippen LogP contribution in [0.2, 0.25) is 10.0 Å². The second-order valence-corrected chi connectivity index (χ2v) is 5.64. The molecular weight excluding hydrogens is 366 g/mol. The highest BCUT2D eigenvalue weighted by atomic mass is 35.5. The molecule has 0 saturated heterocycles. The maximum absolute atomic E-state index is 13.4. The van der Waals surface area contributed by atoms with Crippen molar-refractivity contribution in [3.05, 3.63) is 57.8 Å². The third kappa shape index (κ3) is 4.79. The molecular formula is C16H12Cl2F3NO2. The number of anilines is 1. The Morgan fingerprint density at radius 2 is 1.83 bits per heavy atom. The molecule has 3 nitrogen and oxygen atoms in total. The first kappa shape index (κ1) is 18.4. The van der Waals surface area contributed by atoms with Crippen molar-refractivity contribution in [3.63, 3.8) is 0 Å². The number of benzene rings is 2. The summed E-state index contributed by atoms with van der Waals surface area (Å²) < 4.78 is 44.7. The molecule has 0 atom stereocenters. The van der Waals surface area contributed by atoms with Gasteiger partial charge in [0.15, 0.2) is 17.5 Å². The van der Waals surface area contributed by atoms with Gasteiger partial charge in [-0.3, -0.25) is 4.79 Å². The van der Waals surface area contributed by atoms with Crippen molar-refractivity contribution in [3.8, 4) is 5.75 Å². The average molecular weight is 378 g/mol. The number of amides is 1. The second-order valence-electron chi connectivity index (χ2n) is 4.80. The summed E-state index contributed by atoms with van der Waals surface area (Å²) in [7, 11) is 0. The maximum atomic E-state index is 13.4. The fourth-order valence-electron chi connectivity index (χ4n) is 1.84. The van der Waals surface area contributed by atoms with Gasteiger partial charge >= 0.3 is 0 Å². The van der Waals surface area contributed by atoms with Gasteiger partial charge in [0, 0.05) is 11.4 Å². The van der Waals surface area contributed by atoms with Crippen LogP contribution in [0.3, 0.4) is 0 Å². The standard InChI is InChI=1S/C16H12Cl2F3NO2/c17-9-3-6-13(10(18)8-9)24-7-1-2-14(23)22-12-5-4-11(19)15(20)16(12)21/h3-6,8H,1-2,7H2,(H,22,23). The van der Waals surface area contributed by atoms with Crippen LogP contribution in [-0.2, 0) is 4.79 Å². The van der Waals surface area contributed by atoms with Crippen molar-refractivity contribution >= 4 is 34.8 Å². The van der Waals surface area contributed by atoms with Crippen LogP contribution in [0, 0.1) is 17.5 Å². The van der Waals surface area contributed by atoms with Crippen molar-refractivity contribution in [2.45, 2.75) is 12.8 Å². The van der Waals surface area contributed by atoms with E-state index >= 15 is 0 Å². The Morgan fingerprint density at radius 3 is 2.54 bits per heavy atom. The minimum Gasteiger partial charge on any atom is -0.492 e. The Morgan fingerprint density at radius 1 is 1.08 bits per heavy atom. The van der Waals surface area contributed by atoms with E-state index in [9.17, 15) is 18.0 Å². The molecule has 1 N–H and O–H groups in total. The number of nitrogens with one attached hydrogen (secondary N) is 1. The van der Waals surface area contributed by atoms with Gasteiger partial charge in [-0.25, -0.2) is 13.2 Å². The molecule has 8 heteroatoms. The molecule has 0 aliphatic carbocycles. The molecule has 0 fully saturated rings. The summed E-state index contributed by atoms with van der Waals surface area (Å²) in [5.41, 5.74) is -0.416. The minimum atomic E-state index is -1.63. The molecule has 0 aromatic heterocycles. The maximum Gasteiger partial charge on any atom is 0.224 e. The molecule has 0 unspecified atom stereocenters. The lowest BCUT2D eigenvalue weighted by atomic mass is 10.2. The molecule has 0 radical (unpaired) electrons. The molecule has 0 spiro atoms. The van der Waals surface area contributed by atoms with Crippen LogP contribution >= 0.6 is 23.2 Å². The highest BCUT2D eigenvalue weighted by Gasteiger charge is 2.15. The van der Waals surface area contributed by atoms with Crippen LogP contribution in [0.25, 0.3) is 0 Å². The van der Waals surface area contributed by atoms with E-state index in [1.807, 2.05) is 0 Å². The average Bonchev–Trinajstić information content (AvgIpc) is 2.54. The number of rotatable bonds is 6. The van der Waals surface area contributed by atoms with E-state index in [1.165, 1.54) is 6.07 Å². The van der Waals surface area contributed by atoms with Crippen molar-refractivity contribution in [2.75, 3.05) is 11.9 Å². The van der Waals surface area contributed by atoms with Gasteiger partial charge in [-0.2, -0.15) is 0 Å². The van der Waals surface area contributed by atoms with Gasteiger partial charge in [0.1, 0.15) is 5.75 Å². The zero-order valence-electron chi connectivity index (χ0n) is 12.2. The van der Waals surface area contributed by atoms with E-state index in [2.05, 4.69) is 5.32 Å². The van der Waals surface area contributed by atoms with Gasteiger partial charge in [0.05, 0.1) is 17.3 Å². The molecule has 2 aromatic rings. The first-order valence-electron chi connectivity index (χ1n) is 6.89. The highest BCUT2D eigenvalue weighted by molar-refractivity contribution is 6.35. The van der Waals surface area contributed by atoms with Crippen LogP contribution < -0.4 is 10.1 Å². The quantitative estimate of drug-likeness (QED) is 0.554. The minimum absolute atomic E-state index is 0.00362. The van der Waals surface area contributed by atoms with Gasteiger partial charge in [-0.05, 0) is 36.8 Å². The van der Waals surface area contributed by atoms with Crippen LogP contribution in [0.5, 0.6) is 5.75 Å². The molecule has 128 valence electrons. The number of ether oxygens (including phenoxy) is 1. The summed E-state index contributed by atoms with van der Waals surface area (Å²) in [6.45, 7) is 0.190. The fourth-order valence-corrected chi connectivity index (χ4v) is 2.31. The summed E-state index contributed by atoms with van der Waals surface area (Å²) in [4.78, 5) is 11.7. The van der Waals surface area contributed by atoms with Crippen molar-refractivity contribution in [2.24, 2.45) is 0 Å². The Hall–Kier alpha value is -1.92. The monoisotopic (exact) mass is 377 g/mol. The van der Waals surface area contributed by atoms with Gasteiger partial charge in [-0.1, -0.05) is 23.2 Å². The first-order valence-corrected chi connectivity index (χ1v) is 7.65. The van der Waals surface area contributed by atoms with Crippen molar-refractivity contribution < 1.29 is 22.7 Å². The van der Waals surface area contributed by atoms with Gasteiger partial charge in [-0.15, -0.1) is 0 Å². The Balaban J connectivity index is 1.80. The summed E-state index contributed by atoms with van der Waals surface area (Å²) in [5.74, 6) is -4.52.